The van der Waals surface area contributed by atoms with E-state index in [2.05, 4.69) is 10.5 Å². The van der Waals surface area contributed by atoms with Crippen LogP contribution >= 0.6 is 11.8 Å². The Labute approximate surface area is 164 Å². The van der Waals surface area contributed by atoms with Gasteiger partial charge in [-0.25, -0.2) is 10.2 Å². The molecule has 0 aromatic heterocycles. The Hall–Kier alpha value is -3.40. The first-order valence-corrected chi connectivity index (χ1v) is 9.02. The van der Waals surface area contributed by atoms with Crippen molar-refractivity contribution in [2.24, 2.45) is 5.10 Å². The number of thioether (sulfide) groups is 1. The minimum absolute atomic E-state index is 0.00719. The first kappa shape index (κ1) is 20.9. The lowest BCUT2D eigenvalue weighted by atomic mass is 10.2. The average Bonchev–Trinajstić information content (AvgIpc) is 2.68. The lowest BCUT2D eigenvalue weighted by Gasteiger charge is -2.09. The number of nitrogens with zero attached hydrogens (tertiary/aromatic N) is 2. The van der Waals surface area contributed by atoms with E-state index in [1.54, 1.807) is 36.4 Å². The number of carbonyl (C=O) groups is 2. The molecule has 1 amide bonds. The number of nitro groups is 1. The fourth-order valence-corrected chi connectivity index (χ4v) is 2.60. The molecule has 2 N–H and O–H groups in total. The van der Waals surface area contributed by atoms with Gasteiger partial charge in [0.05, 0.1) is 16.9 Å². The van der Waals surface area contributed by atoms with Crippen LogP contribution in [0.15, 0.2) is 58.5 Å². The zero-order valence-corrected chi connectivity index (χ0v) is 15.6. The molecule has 2 aromatic rings. The summed E-state index contributed by atoms with van der Waals surface area (Å²) in [5, 5.41) is 23.2. The second-order valence-electron chi connectivity index (χ2n) is 5.50. The second kappa shape index (κ2) is 10.1. The molecule has 0 bridgehead atoms. The molecule has 0 spiro atoms. The van der Waals surface area contributed by atoms with Crippen LogP contribution in [0.3, 0.4) is 0 Å². The van der Waals surface area contributed by atoms with E-state index >= 15 is 0 Å². The predicted octanol–water partition coefficient (Wildman–Crippen LogP) is 2.69. The van der Waals surface area contributed by atoms with Gasteiger partial charge in [-0.3, -0.25) is 14.9 Å². The van der Waals surface area contributed by atoms with Gasteiger partial charge in [-0.1, -0.05) is 0 Å². The summed E-state index contributed by atoms with van der Waals surface area (Å²) < 4.78 is 5.21. The van der Waals surface area contributed by atoms with E-state index in [0.29, 0.717) is 11.3 Å². The monoisotopic (exact) mass is 403 g/mol. The molecule has 0 aliphatic carbocycles. The first-order valence-electron chi connectivity index (χ1n) is 8.04. The van der Waals surface area contributed by atoms with E-state index in [-0.39, 0.29) is 17.3 Å². The quantitative estimate of drug-likeness (QED) is 0.285. The third-order valence-electron chi connectivity index (χ3n) is 3.36. The van der Waals surface area contributed by atoms with Gasteiger partial charge in [-0.05, 0) is 48.9 Å². The van der Waals surface area contributed by atoms with Crippen LogP contribution < -0.4 is 10.2 Å². The number of nitrogens with one attached hydrogen (secondary N) is 1. The van der Waals surface area contributed by atoms with Crippen LogP contribution in [0, 0.1) is 10.1 Å². The maximum absolute atomic E-state index is 11.8. The summed E-state index contributed by atoms with van der Waals surface area (Å²) >= 11 is 1.23. The van der Waals surface area contributed by atoms with Crippen LogP contribution in [0.1, 0.15) is 12.5 Å². The highest BCUT2D eigenvalue weighted by Gasteiger charge is 2.11. The topological polar surface area (TPSA) is 131 Å². The van der Waals surface area contributed by atoms with Crippen molar-refractivity contribution in [3.8, 4) is 5.75 Å². The SMILES string of the molecule is CC(Oc1ccc(/C=N/NC(=O)CSc2ccc([N+](=O)[O-])cc2)cc1)C(=O)O. The molecule has 0 radical (unpaired) electrons. The van der Waals surface area contributed by atoms with E-state index in [4.69, 9.17) is 9.84 Å². The maximum Gasteiger partial charge on any atom is 0.344 e. The van der Waals surface area contributed by atoms with E-state index in [1.165, 1.54) is 37.0 Å². The Morgan fingerprint density at radius 1 is 1.25 bits per heavy atom. The molecule has 0 saturated carbocycles. The summed E-state index contributed by atoms with van der Waals surface area (Å²) in [6.07, 6.45) is 0.492. The highest BCUT2D eigenvalue weighted by Crippen LogP contribution is 2.21. The summed E-state index contributed by atoms with van der Waals surface area (Å²) in [5.74, 6) is -0.861. The number of nitro benzene ring substituents is 1. The zero-order chi connectivity index (χ0) is 20.5. The number of benzene rings is 2. The number of carbonyl (C=O) groups excluding carboxylic acids is 1. The second-order valence-corrected chi connectivity index (χ2v) is 6.55. The van der Waals surface area contributed by atoms with Crippen LogP contribution in [0.5, 0.6) is 5.75 Å². The molecule has 0 saturated heterocycles. The van der Waals surface area contributed by atoms with Gasteiger partial charge in [0.15, 0.2) is 6.10 Å². The number of hydrogen-bond donors (Lipinski definition) is 2. The van der Waals surface area contributed by atoms with Crippen molar-refractivity contribution in [2.75, 3.05) is 5.75 Å². The van der Waals surface area contributed by atoms with Crippen LogP contribution in [-0.2, 0) is 9.59 Å². The van der Waals surface area contributed by atoms with Gasteiger partial charge in [-0.15, -0.1) is 11.8 Å². The Bertz CT molecular complexity index is 868. The number of amides is 1. The third-order valence-corrected chi connectivity index (χ3v) is 4.37. The van der Waals surface area contributed by atoms with Gasteiger partial charge in [0.1, 0.15) is 5.75 Å². The van der Waals surface area contributed by atoms with Crippen LogP contribution in [0.2, 0.25) is 0 Å². The molecule has 1 atom stereocenters. The molecule has 9 nitrogen and oxygen atoms in total. The number of non-ortho nitro benzene ring substituents is 1. The normalized spacial score (nSPS) is 11.8. The summed E-state index contributed by atoms with van der Waals surface area (Å²) in [4.78, 5) is 33.4. The van der Waals surface area contributed by atoms with Gasteiger partial charge in [-0.2, -0.15) is 5.10 Å². The molecule has 0 fully saturated rings. The number of ether oxygens (including phenoxy) is 1. The van der Waals surface area contributed by atoms with Gasteiger partial charge in [0.2, 0.25) is 5.91 Å². The first-order chi connectivity index (χ1) is 13.3. The van der Waals surface area contributed by atoms with Gasteiger partial charge >= 0.3 is 5.97 Å². The largest absolute Gasteiger partial charge is 0.479 e. The van der Waals surface area contributed by atoms with Gasteiger partial charge in [0.25, 0.3) is 5.69 Å². The van der Waals surface area contributed by atoms with E-state index in [9.17, 15) is 19.7 Å². The molecular weight excluding hydrogens is 386 g/mol. The maximum atomic E-state index is 11.8. The number of carboxylic acid groups (broad SMARTS) is 1. The number of carboxylic acids is 1. The van der Waals surface area contributed by atoms with Gasteiger partial charge < -0.3 is 9.84 Å². The highest BCUT2D eigenvalue weighted by molar-refractivity contribution is 8.00. The Morgan fingerprint density at radius 2 is 1.89 bits per heavy atom. The molecule has 0 aliphatic heterocycles. The summed E-state index contributed by atoms with van der Waals surface area (Å²) in [5.41, 5.74) is 3.07. The Morgan fingerprint density at radius 3 is 2.46 bits per heavy atom. The van der Waals surface area contributed by atoms with Gasteiger partial charge in [0, 0.05) is 17.0 Å². The zero-order valence-electron chi connectivity index (χ0n) is 14.8. The van der Waals surface area contributed by atoms with E-state index in [0.717, 1.165) is 4.90 Å². The molecule has 0 heterocycles. The molecule has 0 aliphatic rings. The van der Waals surface area contributed by atoms with Crippen LogP contribution in [0.25, 0.3) is 0 Å². The molecule has 10 heteroatoms. The number of hydrazone groups is 1. The van der Waals surface area contributed by atoms with Crippen molar-refractivity contribution in [2.45, 2.75) is 17.9 Å². The summed E-state index contributed by atoms with van der Waals surface area (Å²) in [7, 11) is 0. The molecule has 2 aromatic carbocycles. The molecule has 1 unspecified atom stereocenters. The lowest BCUT2D eigenvalue weighted by molar-refractivity contribution is -0.384. The predicted molar refractivity (Wildman–Crippen MR) is 104 cm³/mol. The van der Waals surface area contributed by atoms with Crippen molar-refractivity contribution in [3.63, 3.8) is 0 Å². The number of rotatable bonds is 9. The van der Waals surface area contributed by atoms with Crippen molar-refractivity contribution in [3.05, 3.63) is 64.2 Å². The van der Waals surface area contributed by atoms with E-state index in [1.807, 2.05) is 0 Å². The molecule has 28 heavy (non-hydrogen) atoms. The van der Waals surface area contributed by atoms with Crippen LogP contribution in [0.4, 0.5) is 5.69 Å². The van der Waals surface area contributed by atoms with E-state index < -0.39 is 17.0 Å². The Kier molecular flexibility index (Phi) is 7.52. The van der Waals surface area contributed by atoms with Crippen molar-refractivity contribution >= 4 is 35.5 Å². The highest BCUT2D eigenvalue weighted by atomic mass is 32.2. The lowest BCUT2D eigenvalue weighted by Crippen LogP contribution is -2.22. The molecular formula is C18H17N3O6S. The van der Waals surface area contributed by atoms with Crippen molar-refractivity contribution in [1.29, 1.82) is 0 Å². The molecule has 2 rings (SSSR count). The van der Waals surface area contributed by atoms with Crippen molar-refractivity contribution in [1.82, 2.24) is 5.43 Å². The number of hydrogen-bond acceptors (Lipinski definition) is 7. The average molecular weight is 403 g/mol. The Balaban J connectivity index is 1.78. The third kappa shape index (κ3) is 6.72. The fourth-order valence-electron chi connectivity index (χ4n) is 1.91. The summed E-state index contributed by atoms with van der Waals surface area (Å²) in [6, 6.07) is 12.5. The van der Waals surface area contributed by atoms with Crippen LogP contribution in [-0.4, -0.2) is 40.0 Å². The summed E-state index contributed by atoms with van der Waals surface area (Å²) in [6.45, 7) is 1.43. The minimum atomic E-state index is -1.06. The smallest absolute Gasteiger partial charge is 0.344 e. The minimum Gasteiger partial charge on any atom is -0.479 e. The molecule has 146 valence electrons. The fraction of sp³-hybridized carbons (Fsp3) is 0.167. The number of aliphatic carboxylic acids is 1. The standard InChI is InChI=1S/C18H17N3O6S/c1-12(18(23)24)27-15-6-2-13(3-7-15)10-19-20-17(22)11-28-16-8-4-14(5-9-16)21(25)26/h2-10,12H,11H2,1H3,(H,20,22)(H,23,24)/b19-10+. The van der Waals surface area contributed by atoms with Crippen molar-refractivity contribution < 1.29 is 24.4 Å².